The first-order valence-electron chi connectivity index (χ1n) is 8.31. The Labute approximate surface area is 154 Å². The maximum Gasteiger partial charge on any atom is 0.253 e. The van der Waals surface area contributed by atoms with Gasteiger partial charge in [0.05, 0.1) is 36.4 Å². The van der Waals surface area contributed by atoms with E-state index in [0.29, 0.717) is 35.5 Å². The zero-order valence-electron chi connectivity index (χ0n) is 13.9. The highest BCUT2D eigenvalue weighted by molar-refractivity contribution is 6.32. The number of hydrogen-bond donors (Lipinski definition) is 2. The van der Waals surface area contributed by atoms with Crippen molar-refractivity contribution < 1.29 is 14.3 Å². The Morgan fingerprint density at radius 3 is 3.08 bits per heavy atom. The number of carbonyl (C=O) groups excluding carboxylic acids is 1. The summed E-state index contributed by atoms with van der Waals surface area (Å²) < 4.78 is 10.9. The molecular formula is C18H17ClN4O3. The van der Waals surface area contributed by atoms with Gasteiger partial charge in [0.1, 0.15) is 17.0 Å². The number of pyridine rings is 1. The second-order valence-electron chi connectivity index (χ2n) is 6.00. The van der Waals surface area contributed by atoms with Crippen molar-refractivity contribution in [2.75, 3.05) is 13.2 Å². The van der Waals surface area contributed by atoms with Crippen molar-refractivity contribution in [1.29, 1.82) is 0 Å². The fourth-order valence-corrected chi connectivity index (χ4v) is 2.97. The van der Waals surface area contributed by atoms with Crippen LogP contribution in [0.1, 0.15) is 22.6 Å². The van der Waals surface area contributed by atoms with Crippen LogP contribution in [0.15, 0.2) is 36.5 Å². The van der Waals surface area contributed by atoms with E-state index in [1.807, 2.05) is 24.3 Å². The second kappa shape index (κ2) is 7.31. The van der Waals surface area contributed by atoms with E-state index in [4.69, 9.17) is 21.1 Å². The molecule has 0 bridgehead atoms. The number of nitrogens with zero attached hydrogens (tertiary/aromatic N) is 2. The topological polar surface area (TPSA) is 89.1 Å². The lowest BCUT2D eigenvalue weighted by Gasteiger charge is -2.12. The molecule has 1 saturated heterocycles. The van der Waals surface area contributed by atoms with Crippen LogP contribution in [0, 0.1) is 0 Å². The Bertz CT molecular complexity index is 904. The Kier molecular flexibility index (Phi) is 4.73. The lowest BCUT2D eigenvalue weighted by molar-refractivity contribution is 0.0949. The molecule has 1 aromatic carbocycles. The summed E-state index contributed by atoms with van der Waals surface area (Å²) in [6.45, 7) is 1.48. The second-order valence-corrected chi connectivity index (χ2v) is 6.40. The smallest absolute Gasteiger partial charge is 0.253 e. The van der Waals surface area contributed by atoms with E-state index in [9.17, 15) is 4.79 Å². The number of rotatable bonds is 5. The maximum absolute atomic E-state index is 12.3. The SMILES string of the molecule is O=C(NCc1nc2ccccc2[nH]1)c1cnc(OC2CCOC2)c(Cl)c1. The summed E-state index contributed by atoms with van der Waals surface area (Å²) in [5.41, 5.74) is 2.15. The number of fused-ring (bicyclic) bond motifs is 1. The van der Waals surface area contributed by atoms with Crippen LogP contribution in [-0.4, -0.2) is 40.2 Å². The minimum absolute atomic E-state index is 0.0484. The summed E-state index contributed by atoms with van der Waals surface area (Å²) in [7, 11) is 0. The molecule has 26 heavy (non-hydrogen) atoms. The van der Waals surface area contributed by atoms with E-state index >= 15 is 0 Å². The van der Waals surface area contributed by atoms with Gasteiger partial charge in [0.15, 0.2) is 0 Å². The summed E-state index contributed by atoms with van der Waals surface area (Å²) in [6.07, 6.45) is 2.20. The van der Waals surface area contributed by atoms with E-state index in [1.54, 1.807) is 6.07 Å². The quantitative estimate of drug-likeness (QED) is 0.718. The molecule has 3 aromatic rings. The minimum atomic E-state index is -0.282. The van der Waals surface area contributed by atoms with Crippen LogP contribution < -0.4 is 10.1 Å². The molecule has 1 unspecified atom stereocenters. The first-order valence-corrected chi connectivity index (χ1v) is 8.68. The van der Waals surface area contributed by atoms with Crippen molar-refractivity contribution >= 4 is 28.5 Å². The molecule has 0 spiro atoms. The van der Waals surface area contributed by atoms with Crippen LogP contribution >= 0.6 is 11.6 Å². The molecular weight excluding hydrogens is 356 g/mol. The first-order chi connectivity index (χ1) is 12.7. The van der Waals surface area contributed by atoms with Gasteiger partial charge in [-0.15, -0.1) is 0 Å². The van der Waals surface area contributed by atoms with E-state index in [1.165, 1.54) is 6.20 Å². The molecule has 0 aliphatic carbocycles. The molecule has 1 atom stereocenters. The molecule has 0 radical (unpaired) electrons. The third kappa shape index (κ3) is 3.63. The van der Waals surface area contributed by atoms with Crippen LogP contribution in [0.4, 0.5) is 0 Å². The molecule has 1 amide bonds. The summed E-state index contributed by atoms with van der Waals surface area (Å²) in [5, 5.41) is 3.10. The van der Waals surface area contributed by atoms with Crippen LogP contribution in [0.25, 0.3) is 11.0 Å². The highest BCUT2D eigenvalue weighted by Crippen LogP contribution is 2.25. The van der Waals surface area contributed by atoms with Crippen molar-refractivity contribution in [3.05, 3.63) is 52.9 Å². The molecule has 7 nitrogen and oxygen atoms in total. The number of aromatic nitrogens is 3. The fraction of sp³-hybridized carbons (Fsp3) is 0.278. The van der Waals surface area contributed by atoms with E-state index in [0.717, 1.165) is 17.5 Å². The monoisotopic (exact) mass is 372 g/mol. The van der Waals surface area contributed by atoms with E-state index < -0.39 is 0 Å². The Hall–Kier alpha value is -2.64. The van der Waals surface area contributed by atoms with Crippen molar-refractivity contribution in [2.45, 2.75) is 19.1 Å². The van der Waals surface area contributed by atoms with Crippen LogP contribution in [0.3, 0.4) is 0 Å². The standard InChI is InChI=1S/C18H17ClN4O3/c19-13-7-11(8-21-18(13)26-12-5-6-25-10-12)17(24)20-9-16-22-14-3-1-2-4-15(14)23-16/h1-4,7-8,12H,5-6,9-10H2,(H,20,24)(H,22,23). The fourth-order valence-electron chi connectivity index (χ4n) is 2.76. The molecule has 8 heteroatoms. The molecule has 1 aliphatic heterocycles. The van der Waals surface area contributed by atoms with E-state index in [2.05, 4.69) is 20.3 Å². The van der Waals surface area contributed by atoms with Crippen molar-refractivity contribution in [2.24, 2.45) is 0 Å². The highest BCUT2D eigenvalue weighted by atomic mass is 35.5. The zero-order valence-corrected chi connectivity index (χ0v) is 14.6. The average molecular weight is 373 g/mol. The summed E-state index contributed by atoms with van der Waals surface area (Å²) in [5.74, 6) is 0.714. The summed E-state index contributed by atoms with van der Waals surface area (Å²) in [6, 6.07) is 9.24. The number of benzene rings is 1. The average Bonchev–Trinajstić information content (AvgIpc) is 3.30. The number of ether oxygens (including phenoxy) is 2. The third-order valence-corrected chi connectivity index (χ3v) is 4.36. The van der Waals surface area contributed by atoms with Crippen LogP contribution in [0.5, 0.6) is 5.88 Å². The Balaban J connectivity index is 1.40. The van der Waals surface area contributed by atoms with Gasteiger partial charge in [-0.1, -0.05) is 23.7 Å². The van der Waals surface area contributed by atoms with Crippen LogP contribution in [0.2, 0.25) is 5.02 Å². The number of carbonyl (C=O) groups is 1. The number of H-pyrrole nitrogens is 1. The number of aromatic amines is 1. The van der Waals surface area contributed by atoms with Gasteiger partial charge in [-0.2, -0.15) is 0 Å². The highest BCUT2D eigenvalue weighted by Gasteiger charge is 2.20. The third-order valence-electron chi connectivity index (χ3n) is 4.09. The first kappa shape index (κ1) is 16.8. The lowest BCUT2D eigenvalue weighted by atomic mass is 10.2. The zero-order chi connectivity index (χ0) is 17.9. The molecule has 3 heterocycles. The number of hydrogen-bond acceptors (Lipinski definition) is 5. The molecule has 134 valence electrons. The molecule has 2 N–H and O–H groups in total. The van der Waals surface area contributed by atoms with Gasteiger partial charge in [0, 0.05) is 12.6 Å². The molecule has 2 aromatic heterocycles. The van der Waals surface area contributed by atoms with Gasteiger partial charge in [-0.3, -0.25) is 4.79 Å². The normalized spacial score (nSPS) is 16.7. The van der Waals surface area contributed by atoms with Gasteiger partial charge in [-0.05, 0) is 18.2 Å². The maximum atomic E-state index is 12.3. The van der Waals surface area contributed by atoms with Crippen molar-refractivity contribution in [3.63, 3.8) is 0 Å². The number of nitrogens with one attached hydrogen (secondary N) is 2. The predicted octanol–water partition coefficient (Wildman–Crippen LogP) is 2.71. The van der Waals surface area contributed by atoms with E-state index in [-0.39, 0.29) is 18.6 Å². The minimum Gasteiger partial charge on any atom is -0.471 e. The molecule has 0 saturated carbocycles. The van der Waals surface area contributed by atoms with Gasteiger partial charge in [0.2, 0.25) is 5.88 Å². The van der Waals surface area contributed by atoms with Crippen molar-refractivity contribution in [1.82, 2.24) is 20.3 Å². The molecule has 1 fully saturated rings. The van der Waals surface area contributed by atoms with Gasteiger partial charge >= 0.3 is 0 Å². The number of amides is 1. The number of para-hydroxylation sites is 2. The lowest BCUT2D eigenvalue weighted by Crippen LogP contribution is -2.24. The Morgan fingerprint density at radius 2 is 2.31 bits per heavy atom. The van der Waals surface area contributed by atoms with Gasteiger partial charge < -0.3 is 19.8 Å². The van der Waals surface area contributed by atoms with Gasteiger partial charge in [0.25, 0.3) is 5.91 Å². The van der Waals surface area contributed by atoms with Gasteiger partial charge in [-0.25, -0.2) is 9.97 Å². The van der Waals surface area contributed by atoms with Crippen LogP contribution in [-0.2, 0) is 11.3 Å². The molecule has 4 rings (SSSR count). The number of imidazole rings is 1. The molecule has 1 aliphatic rings. The number of halogens is 1. The summed E-state index contributed by atoms with van der Waals surface area (Å²) >= 11 is 6.20. The predicted molar refractivity (Wildman–Crippen MR) is 96.4 cm³/mol. The largest absolute Gasteiger partial charge is 0.471 e. The van der Waals surface area contributed by atoms with Crippen molar-refractivity contribution in [3.8, 4) is 5.88 Å². The summed E-state index contributed by atoms with van der Waals surface area (Å²) in [4.78, 5) is 24.1. The Morgan fingerprint density at radius 1 is 1.42 bits per heavy atom.